The molecule has 8 heteroatoms. The number of nitrogens with two attached hydrogens (primary N) is 1. The maximum Gasteiger partial charge on any atom is 0.250 e. The minimum atomic E-state index is -0.445. The summed E-state index contributed by atoms with van der Waals surface area (Å²) in [6.45, 7) is 7.70. The number of nitrogens with zero attached hydrogens (tertiary/aromatic N) is 4. The first kappa shape index (κ1) is 23.5. The first-order valence-corrected chi connectivity index (χ1v) is 11.4. The van der Waals surface area contributed by atoms with E-state index in [-0.39, 0.29) is 17.4 Å². The van der Waals surface area contributed by atoms with Gasteiger partial charge in [-0.15, -0.1) is 0 Å². The van der Waals surface area contributed by atoms with Crippen LogP contribution in [-0.2, 0) is 0 Å². The molecule has 0 aliphatic carbocycles. The molecule has 1 aromatic carbocycles. The van der Waals surface area contributed by atoms with E-state index in [9.17, 15) is 9.18 Å². The van der Waals surface area contributed by atoms with Crippen LogP contribution in [0.3, 0.4) is 0 Å². The van der Waals surface area contributed by atoms with Crippen molar-refractivity contribution < 1.29 is 8.91 Å². The van der Waals surface area contributed by atoms with Gasteiger partial charge in [0.15, 0.2) is 5.76 Å². The minimum absolute atomic E-state index is 0.0388. The van der Waals surface area contributed by atoms with Gasteiger partial charge in [-0.2, -0.15) is 0 Å². The molecular weight excluding hydrogens is 433 g/mol. The summed E-state index contributed by atoms with van der Waals surface area (Å²) in [6, 6.07) is 9.44. The van der Waals surface area contributed by atoms with Crippen molar-refractivity contribution in [1.82, 2.24) is 19.7 Å². The third kappa shape index (κ3) is 4.54. The molecule has 3 aromatic heterocycles. The normalized spacial score (nSPS) is 12.3. The molecule has 4 aromatic rings. The molecule has 0 aliphatic rings. The van der Waals surface area contributed by atoms with E-state index in [0.29, 0.717) is 39.7 Å². The van der Waals surface area contributed by atoms with E-state index < -0.39 is 6.04 Å². The first-order chi connectivity index (χ1) is 16.3. The topological polar surface area (TPSA) is 99.8 Å². The van der Waals surface area contributed by atoms with Crippen molar-refractivity contribution in [2.24, 2.45) is 5.73 Å². The minimum Gasteiger partial charge on any atom is -0.354 e. The van der Waals surface area contributed by atoms with Crippen molar-refractivity contribution in [3.63, 3.8) is 0 Å². The molecule has 0 saturated heterocycles. The molecular formula is C26H28FN5O2. The van der Waals surface area contributed by atoms with Crippen LogP contribution in [0.5, 0.6) is 0 Å². The third-order valence-corrected chi connectivity index (χ3v) is 6.05. The summed E-state index contributed by atoms with van der Waals surface area (Å²) in [5.41, 5.74) is 10.1. The number of hydrogen-bond acceptors (Lipinski definition) is 6. The Hall–Kier alpha value is -3.65. The summed E-state index contributed by atoms with van der Waals surface area (Å²) in [6.07, 6.45) is 5.24. The molecule has 0 spiro atoms. The monoisotopic (exact) mass is 461 g/mol. The van der Waals surface area contributed by atoms with Gasteiger partial charge in [-0.3, -0.25) is 9.78 Å². The van der Waals surface area contributed by atoms with E-state index in [1.807, 2.05) is 13.1 Å². The second-order valence-corrected chi connectivity index (χ2v) is 8.42. The molecule has 0 bridgehead atoms. The maximum atomic E-state index is 14.1. The van der Waals surface area contributed by atoms with Crippen molar-refractivity contribution in [2.45, 2.75) is 52.6 Å². The van der Waals surface area contributed by atoms with Crippen molar-refractivity contribution in [2.75, 3.05) is 0 Å². The summed E-state index contributed by atoms with van der Waals surface area (Å²) in [5, 5.41) is 4.16. The smallest absolute Gasteiger partial charge is 0.250 e. The van der Waals surface area contributed by atoms with Crippen LogP contribution in [0.25, 0.3) is 34.0 Å². The number of pyridine rings is 1. The van der Waals surface area contributed by atoms with E-state index in [1.165, 1.54) is 6.07 Å². The molecule has 0 saturated carbocycles. The molecule has 0 aliphatic heterocycles. The van der Waals surface area contributed by atoms with Crippen LogP contribution < -0.4 is 11.3 Å². The van der Waals surface area contributed by atoms with Crippen LogP contribution in [-0.4, -0.2) is 19.7 Å². The second kappa shape index (κ2) is 9.69. The zero-order chi connectivity index (χ0) is 24.4. The van der Waals surface area contributed by atoms with Crippen molar-refractivity contribution in [1.29, 1.82) is 0 Å². The maximum absolute atomic E-state index is 14.1. The van der Waals surface area contributed by atoms with E-state index in [1.54, 1.807) is 48.0 Å². The van der Waals surface area contributed by atoms with Crippen LogP contribution >= 0.6 is 0 Å². The van der Waals surface area contributed by atoms with Crippen LogP contribution in [0.4, 0.5) is 4.39 Å². The van der Waals surface area contributed by atoms with Crippen molar-refractivity contribution in [3.05, 3.63) is 76.2 Å². The van der Waals surface area contributed by atoms with Crippen LogP contribution in [0.1, 0.15) is 57.0 Å². The summed E-state index contributed by atoms with van der Waals surface area (Å²) < 4.78 is 21.4. The fourth-order valence-corrected chi connectivity index (χ4v) is 4.02. The lowest BCUT2D eigenvalue weighted by Gasteiger charge is -2.17. The van der Waals surface area contributed by atoms with E-state index >= 15 is 0 Å². The first-order valence-electron chi connectivity index (χ1n) is 11.4. The fraction of sp³-hybridized carbons (Fsp3) is 0.308. The van der Waals surface area contributed by atoms with Crippen molar-refractivity contribution in [3.8, 4) is 34.0 Å². The van der Waals surface area contributed by atoms with Gasteiger partial charge in [-0.25, -0.2) is 9.37 Å². The Bertz CT molecular complexity index is 1370. The van der Waals surface area contributed by atoms with Gasteiger partial charge in [0.05, 0.1) is 17.6 Å². The van der Waals surface area contributed by atoms with Gasteiger partial charge < -0.3 is 14.8 Å². The van der Waals surface area contributed by atoms with E-state index in [2.05, 4.69) is 24.0 Å². The number of aromatic nitrogens is 4. The molecule has 4 rings (SSSR count). The number of halogens is 1. The SMILES string of the molecule is CCC(CC)n1cc(-c2cnc(C)c(-c3cc(-c4ccc(F)c(C(C)N)c4)no3)n2)ccc1=O. The molecule has 0 fully saturated rings. The predicted molar refractivity (Wildman–Crippen MR) is 130 cm³/mol. The second-order valence-electron chi connectivity index (χ2n) is 8.42. The largest absolute Gasteiger partial charge is 0.354 e. The Labute approximate surface area is 197 Å². The van der Waals surface area contributed by atoms with Crippen molar-refractivity contribution >= 4 is 0 Å². The molecule has 176 valence electrons. The van der Waals surface area contributed by atoms with Gasteiger partial charge in [0.1, 0.15) is 17.2 Å². The van der Waals surface area contributed by atoms with Gasteiger partial charge in [-0.1, -0.05) is 19.0 Å². The lowest BCUT2D eigenvalue weighted by molar-refractivity contribution is 0.433. The van der Waals surface area contributed by atoms with Gasteiger partial charge >= 0.3 is 0 Å². The lowest BCUT2D eigenvalue weighted by atomic mass is 10.0. The Balaban J connectivity index is 1.73. The van der Waals surface area contributed by atoms with E-state index in [0.717, 1.165) is 18.4 Å². The molecule has 34 heavy (non-hydrogen) atoms. The Morgan fingerprint density at radius 2 is 1.82 bits per heavy atom. The van der Waals surface area contributed by atoms with Crippen LogP contribution in [0.15, 0.2) is 58.1 Å². The number of hydrogen-bond donors (Lipinski definition) is 1. The molecule has 1 atom stereocenters. The van der Waals surface area contributed by atoms with Gasteiger partial charge in [0.25, 0.3) is 5.56 Å². The average Bonchev–Trinajstić information content (AvgIpc) is 3.31. The predicted octanol–water partition coefficient (Wildman–Crippen LogP) is 5.46. The standard InChI is InChI=1S/C26H28FN5O2/c1-5-19(6-2)32-14-18(8-10-25(32)33)23-13-29-16(4)26(30-23)24-12-22(31-34-24)17-7-9-21(27)20(11-17)15(3)28/h7-15,19H,5-6,28H2,1-4H3. The molecule has 0 amide bonds. The number of benzene rings is 1. The fourth-order valence-electron chi connectivity index (χ4n) is 4.02. The summed E-state index contributed by atoms with van der Waals surface area (Å²) >= 11 is 0. The number of rotatable bonds is 7. The summed E-state index contributed by atoms with van der Waals surface area (Å²) in [5.74, 6) is 0.0911. The highest BCUT2D eigenvalue weighted by Crippen LogP contribution is 2.30. The molecule has 1 unspecified atom stereocenters. The zero-order valence-corrected chi connectivity index (χ0v) is 19.7. The van der Waals surface area contributed by atoms with Gasteiger partial charge in [-0.05, 0) is 51.0 Å². The molecule has 3 heterocycles. The highest BCUT2D eigenvalue weighted by atomic mass is 19.1. The summed E-state index contributed by atoms with van der Waals surface area (Å²) in [7, 11) is 0. The Morgan fingerprint density at radius 3 is 2.53 bits per heavy atom. The average molecular weight is 462 g/mol. The zero-order valence-electron chi connectivity index (χ0n) is 19.7. The van der Waals surface area contributed by atoms with Gasteiger partial charge in [0, 0.05) is 47.1 Å². The Kier molecular flexibility index (Phi) is 6.70. The molecule has 0 radical (unpaired) electrons. The number of aryl methyl sites for hydroxylation is 1. The van der Waals surface area contributed by atoms with E-state index in [4.69, 9.17) is 15.2 Å². The highest BCUT2D eigenvalue weighted by Gasteiger charge is 2.17. The molecule has 2 N–H and O–H groups in total. The van der Waals surface area contributed by atoms with Gasteiger partial charge in [0.2, 0.25) is 0 Å². The highest BCUT2D eigenvalue weighted by molar-refractivity contribution is 5.68. The lowest BCUT2D eigenvalue weighted by Crippen LogP contribution is -2.23. The Morgan fingerprint density at radius 1 is 1.09 bits per heavy atom. The van der Waals surface area contributed by atoms with Crippen LogP contribution in [0.2, 0.25) is 0 Å². The molecule has 7 nitrogen and oxygen atoms in total. The summed E-state index contributed by atoms with van der Waals surface area (Å²) in [4.78, 5) is 21.7. The quantitative estimate of drug-likeness (QED) is 0.392. The van der Waals surface area contributed by atoms with Crippen LogP contribution in [0, 0.1) is 12.7 Å². The third-order valence-electron chi connectivity index (χ3n) is 6.05.